The highest BCUT2D eigenvalue weighted by Gasteiger charge is 2.41. The Balaban J connectivity index is 1.92. The first-order valence-electron chi connectivity index (χ1n) is 10.0. The van der Waals surface area contributed by atoms with Crippen molar-refractivity contribution in [3.05, 3.63) is 74.6 Å². The van der Waals surface area contributed by atoms with Gasteiger partial charge in [0.05, 0.1) is 17.6 Å². The number of anilines is 1. The minimum Gasteiger partial charge on any atom is -0.384 e. The number of Topliss-reactive ketones (excluding diaryl/α,β-unsaturated/α-hetero) is 1. The van der Waals surface area contributed by atoms with Crippen LogP contribution in [0.2, 0.25) is 0 Å². The van der Waals surface area contributed by atoms with Gasteiger partial charge in [-0.15, -0.1) is 11.3 Å². The Labute approximate surface area is 180 Å². The van der Waals surface area contributed by atoms with E-state index in [9.17, 15) is 14.4 Å². The Morgan fingerprint density at radius 1 is 1.17 bits per heavy atom. The molecule has 1 aromatic heterocycles. The van der Waals surface area contributed by atoms with Crippen molar-refractivity contribution in [1.82, 2.24) is 0 Å². The van der Waals surface area contributed by atoms with Gasteiger partial charge in [-0.3, -0.25) is 9.69 Å². The first-order valence-corrected chi connectivity index (χ1v) is 10.9. The number of nitrogens with two attached hydrogens (primary N) is 1. The van der Waals surface area contributed by atoms with Gasteiger partial charge in [-0.25, -0.2) is 4.39 Å². The highest BCUT2D eigenvalue weighted by Crippen LogP contribution is 2.48. The van der Waals surface area contributed by atoms with Crippen molar-refractivity contribution in [3.63, 3.8) is 0 Å². The molecule has 30 heavy (non-hydrogen) atoms. The van der Waals surface area contributed by atoms with E-state index in [1.54, 1.807) is 28.4 Å². The van der Waals surface area contributed by atoms with Crippen LogP contribution in [-0.4, -0.2) is 5.78 Å². The number of allylic oxidation sites excluding steroid dienone is 3. The van der Waals surface area contributed by atoms with Crippen LogP contribution in [0.25, 0.3) is 0 Å². The van der Waals surface area contributed by atoms with Crippen LogP contribution in [0.5, 0.6) is 0 Å². The second-order valence-corrected chi connectivity index (χ2v) is 9.86. The molecular weight excluding hydrogens is 397 g/mol. The normalized spacial score (nSPS) is 19.8. The molecule has 1 aliphatic carbocycles. The van der Waals surface area contributed by atoms with Crippen LogP contribution in [0, 0.1) is 17.1 Å². The van der Waals surface area contributed by atoms with Gasteiger partial charge in [0, 0.05) is 33.1 Å². The van der Waals surface area contributed by atoms with Crippen molar-refractivity contribution in [2.24, 2.45) is 5.73 Å². The molecule has 0 saturated carbocycles. The first kappa shape index (κ1) is 20.4. The lowest BCUT2D eigenvalue weighted by atomic mass is 9.78. The number of ketones is 1. The van der Waals surface area contributed by atoms with Crippen molar-refractivity contribution >= 4 is 22.8 Å². The van der Waals surface area contributed by atoms with E-state index < -0.39 is 5.92 Å². The lowest BCUT2D eigenvalue weighted by Crippen LogP contribution is -2.38. The number of rotatable bonds is 2. The highest BCUT2D eigenvalue weighted by molar-refractivity contribution is 7.12. The maximum atomic E-state index is 13.5. The molecule has 0 bridgehead atoms. The van der Waals surface area contributed by atoms with Crippen LogP contribution in [-0.2, 0) is 10.2 Å². The molecule has 0 unspecified atom stereocenters. The van der Waals surface area contributed by atoms with Crippen LogP contribution in [0.15, 0.2) is 59.1 Å². The van der Waals surface area contributed by atoms with Gasteiger partial charge in [-0.1, -0.05) is 20.8 Å². The highest BCUT2D eigenvalue weighted by atomic mass is 32.1. The van der Waals surface area contributed by atoms with Gasteiger partial charge in [0.2, 0.25) is 0 Å². The predicted molar refractivity (Wildman–Crippen MR) is 117 cm³/mol. The summed E-state index contributed by atoms with van der Waals surface area (Å²) in [5.74, 6) is -0.429. The summed E-state index contributed by atoms with van der Waals surface area (Å²) in [4.78, 5) is 17.0. The average molecular weight is 422 g/mol. The maximum absolute atomic E-state index is 13.5. The summed E-state index contributed by atoms with van der Waals surface area (Å²) in [7, 11) is 0. The third kappa shape index (κ3) is 3.33. The molecule has 154 valence electrons. The number of thiophene rings is 1. The number of halogens is 1. The molecule has 2 heterocycles. The molecule has 1 aliphatic heterocycles. The maximum Gasteiger partial charge on any atom is 0.161 e. The van der Waals surface area contributed by atoms with E-state index >= 15 is 0 Å². The fourth-order valence-corrected chi connectivity index (χ4v) is 5.35. The van der Waals surface area contributed by atoms with Crippen molar-refractivity contribution in [2.45, 2.75) is 51.4 Å². The lowest BCUT2D eigenvalue weighted by molar-refractivity contribution is -0.116. The molecule has 1 aromatic carbocycles. The number of nitriles is 1. The Morgan fingerprint density at radius 3 is 2.47 bits per heavy atom. The van der Waals surface area contributed by atoms with Gasteiger partial charge in [0.25, 0.3) is 0 Å². The summed E-state index contributed by atoms with van der Waals surface area (Å²) in [5.41, 5.74) is 9.01. The standard InChI is InChI=1S/C24H24FN3OS/c1-24(2,3)20-12-11-19(30-20)21-16(13-26)23(27)28(15-9-7-14(25)8-10-15)17-5-4-6-18(29)22(17)21/h7-12,21H,4-6,27H2,1-3H3/t21-/m1/s1. The summed E-state index contributed by atoms with van der Waals surface area (Å²) < 4.78 is 13.5. The van der Waals surface area contributed by atoms with Gasteiger partial charge in [-0.05, 0) is 54.7 Å². The Hall–Kier alpha value is -2.91. The number of carbonyl (C=O) groups is 1. The molecule has 0 radical (unpaired) electrons. The summed E-state index contributed by atoms with van der Waals surface area (Å²) in [6.07, 6.45) is 1.88. The zero-order valence-electron chi connectivity index (χ0n) is 17.3. The van der Waals surface area contributed by atoms with Crippen molar-refractivity contribution < 1.29 is 9.18 Å². The molecule has 2 aromatic rings. The van der Waals surface area contributed by atoms with E-state index in [-0.39, 0.29) is 17.0 Å². The molecule has 0 spiro atoms. The number of hydrogen-bond donors (Lipinski definition) is 1. The van der Waals surface area contributed by atoms with Gasteiger partial charge < -0.3 is 5.73 Å². The lowest BCUT2D eigenvalue weighted by Gasteiger charge is -2.39. The third-order valence-corrected chi connectivity index (χ3v) is 7.22. The van der Waals surface area contributed by atoms with E-state index in [4.69, 9.17) is 5.73 Å². The number of hydrogen-bond acceptors (Lipinski definition) is 5. The summed E-state index contributed by atoms with van der Waals surface area (Å²) >= 11 is 1.63. The van der Waals surface area contributed by atoms with E-state index in [1.165, 1.54) is 17.0 Å². The molecule has 4 nitrogen and oxygen atoms in total. The Morgan fingerprint density at radius 2 is 1.87 bits per heavy atom. The van der Waals surface area contributed by atoms with Crippen molar-refractivity contribution in [1.29, 1.82) is 5.26 Å². The largest absolute Gasteiger partial charge is 0.384 e. The van der Waals surface area contributed by atoms with Crippen LogP contribution in [0.1, 0.15) is 55.7 Å². The van der Waals surface area contributed by atoms with Gasteiger partial charge in [0.1, 0.15) is 11.6 Å². The molecule has 0 fully saturated rings. The van der Waals surface area contributed by atoms with Crippen LogP contribution >= 0.6 is 11.3 Å². The third-order valence-electron chi connectivity index (χ3n) is 5.65. The Kier molecular flexibility index (Phi) is 5.03. The van der Waals surface area contributed by atoms with E-state index in [0.717, 1.165) is 17.0 Å². The Bertz CT molecular complexity index is 1110. The van der Waals surface area contributed by atoms with Crippen LogP contribution in [0.4, 0.5) is 10.1 Å². The smallest absolute Gasteiger partial charge is 0.161 e. The molecule has 6 heteroatoms. The summed E-state index contributed by atoms with van der Waals surface area (Å²) in [5, 5.41) is 10.0. The fourth-order valence-electron chi connectivity index (χ4n) is 4.17. The second kappa shape index (κ2) is 7.41. The quantitative estimate of drug-likeness (QED) is 0.696. The minimum atomic E-state index is -0.449. The molecular formula is C24H24FN3OS. The fraction of sp³-hybridized carbons (Fsp3) is 0.333. The number of nitrogens with zero attached hydrogens (tertiary/aromatic N) is 2. The SMILES string of the molecule is CC(C)(C)c1ccc([C@H]2C(C#N)=C(N)N(c3ccc(F)cc3)C3=C2C(=O)CCC3)s1. The topological polar surface area (TPSA) is 70.1 Å². The van der Waals surface area contributed by atoms with E-state index in [0.29, 0.717) is 35.5 Å². The zero-order valence-corrected chi connectivity index (χ0v) is 18.1. The van der Waals surface area contributed by atoms with Crippen LogP contribution in [0.3, 0.4) is 0 Å². The van der Waals surface area contributed by atoms with Gasteiger partial charge >= 0.3 is 0 Å². The average Bonchev–Trinajstić information content (AvgIpc) is 3.19. The molecule has 2 aliphatic rings. The molecule has 0 amide bonds. The van der Waals surface area contributed by atoms with Gasteiger partial charge in [-0.2, -0.15) is 5.26 Å². The first-order chi connectivity index (χ1) is 14.2. The molecule has 4 rings (SSSR count). The second-order valence-electron chi connectivity index (χ2n) is 8.74. The van der Waals surface area contributed by atoms with E-state index in [2.05, 4.69) is 32.9 Å². The van der Waals surface area contributed by atoms with E-state index in [1.807, 2.05) is 6.07 Å². The van der Waals surface area contributed by atoms with Crippen molar-refractivity contribution in [3.8, 4) is 6.07 Å². The number of benzene rings is 1. The number of carbonyl (C=O) groups excluding carboxylic acids is 1. The minimum absolute atomic E-state index is 0.0203. The monoisotopic (exact) mass is 421 g/mol. The molecule has 0 saturated heterocycles. The van der Waals surface area contributed by atoms with Crippen molar-refractivity contribution in [2.75, 3.05) is 4.90 Å². The van der Waals surface area contributed by atoms with Gasteiger partial charge in [0.15, 0.2) is 5.78 Å². The molecule has 1 atom stereocenters. The predicted octanol–water partition coefficient (Wildman–Crippen LogP) is 5.49. The molecule has 2 N–H and O–H groups in total. The van der Waals surface area contributed by atoms with Crippen LogP contribution < -0.4 is 10.6 Å². The summed E-state index contributed by atoms with van der Waals surface area (Å²) in [6.45, 7) is 6.43. The summed E-state index contributed by atoms with van der Waals surface area (Å²) in [6, 6.07) is 12.3. The zero-order chi connectivity index (χ0) is 21.6.